The molecule has 0 aromatic heterocycles. The quantitative estimate of drug-likeness (QED) is 0.785. The summed E-state index contributed by atoms with van der Waals surface area (Å²) in [5.74, 6) is -0.334. The van der Waals surface area contributed by atoms with E-state index in [1.165, 1.54) is 6.07 Å². The lowest BCUT2D eigenvalue weighted by molar-refractivity contribution is -0.129. The van der Waals surface area contributed by atoms with Gasteiger partial charge in [-0.2, -0.15) is 0 Å². The highest BCUT2D eigenvalue weighted by molar-refractivity contribution is 14.1. The number of rotatable bonds is 3. The van der Waals surface area contributed by atoms with E-state index in [2.05, 4.69) is 5.32 Å². The highest BCUT2D eigenvalue weighted by Crippen LogP contribution is 2.20. The standard InChI is InChI=1S/C13H15IN2O3/c14-10-4-3-9(7-11(10)17)13(19)15-8-12(18)16-5-1-2-6-16/h3-4,7,17H,1-2,5-6,8H2,(H,15,19). The molecule has 0 aliphatic carbocycles. The molecule has 1 heterocycles. The van der Waals surface area contributed by atoms with Crippen molar-refractivity contribution < 1.29 is 14.7 Å². The molecular weight excluding hydrogens is 359 g/mol. The first-order valence-corrected chi connectivity index (χ1v) is 7.20. The second-order valence-electron chi connectivity index (χ2n) is 4.44. The Balaban J connectivity index is 1.90. The molecule has 0 bridgehead atoms. The van der Waals surface area contributed by atoms with Gasteiger partial charge in [0.2, 0.25) is 5.91 Å². The minimum atomic E-state index is -0.348. The Labute approximate surface area is 125 Å². The van der Waals surface area contributed by atoms with Crippen molar-refractivity contribution in [3.63, 3.8) is 0 Å². The van der Waals surface area contributed by atoms with Gasteiger partial charge in [-0.1, -0.05) is 0 Å². The number of hydrogen-bond acceptors (Lipinski definition) is 3. The molecule has 0 unspecified atom stereocenters. The van der Waals surface area contributed by atoms with Gasteiger partial charge in [-0.05, 0) is 53.6 Å². The fraction of sp³-hybridized carbons (Fsp3) is 0.385. The predicted molar refractivity (Wildman–Crippen MR) is 79.0 cm³/mol. The maximum Gasteiger partial charge on any atom is 0.251 e. The molecule has 0 spiro atoms. The highest BCUT2D eigenvalue weighted by atomic mass is 127. The molecule has 0 saturated carbocycles. The van der Waals surface area contributed by atoms with Gasteiger partial charge in [0, 0.05) is 18.7 Å². The van der Waals surface area contributed by atoms with Crippen LogP contribution in [0.1, 0.15) is 23.2 Å². The molecule has 1 aliphatic rings. The second kappa shape index (κ2) is 6.23. The number of nitrogens with one attached hydrogen (secondary N) is 1. The van der Waals surface area contributed by atoms with Crippen molar-refractivity contribution >= 4 is 34.4 Å². The first kappa shape index (κ1) is 14.1. The minimum Gasteiger partial charge on any atom is -0.507 e. The first-order chi connectivity index (χ1) is 9.08. The maximum atomic E-state index is 11.8. The minimum absolute atomic E-state index is 0.00554. The Morgan fingerprint density at radius 2 is 2.00 bits per heavy atom. The Morgan fingerprint density at radius 3 is 2.63 bits per heavy atom. The Kier molecular flexibility index (Phi) is 4.62. The number of benzene rings is 1. The smallest absolute Gasteiger partial charge is 0.251 e. The topological polar surface area (TPSA) is 69.6 Å². The molecule has 1 fully saturated rings. The van der Waals surface area contributed by atoms with Gasteiger partial charge in [0.05, 0.1) is 10.1 Å². The Hall–Kier alpha value is -1.31. The lowest BCUT2D eigenvalue weighted by Gasteiger charge is -2.15. The van der Waals surface area contributed by atoms with Gasteiger partial charge in [-0.25, -0.2) is 0 Å². The van der Waals surface area contributed by atoms with E-state index in [0.29, 0.717) is 9.13 Å². The molecule has 0 atom stereocenters. The summed E-state index contributed by atoms with van der Waals surface area (Å²) in [6.07, 6.45) is 2.06. The van der Waals surface area contributed by atoms with Crippen LogP contribution in [0.3, 0.4) is 0 Å². The van der Waals surface area contributed by atoms with Crippen LogP contribution >= 0.6 is 22.6 Å². The third-order valence-electron chi connectivity index (χ3n) is 3.07. The second-order valence-corrected chi connectivity index (χ2v) is 5.60. The zero-order valence-electron chi connectivity index (χ0n) is 10.4. The lowest BCUT2D eigenvalue weighted by Crippen LogP contribution is -2.38. The number of phenols is 1. The average Bonchev–Trinajstić information content (AvgIpc) is 2.92. The molecule has 1 aromatic rings. The van der Waals surface area contributed by atoms with Crippen molar-refractivity contribution in [2.45, 2.75) is 12.8 Å². The van der Waals surface area contributed by atoms with E-state index in [-0.39, 0.29) is 24.1 Å². The highest BCUT2D eigenvalue weighted by Gasteiger charge is 2.18. The van der Waals surface area contributed by atoms with Crippen molar-refractivity contribution in [2.75, 3.05) is 19.6 Å². The van der Waals surface area contributed by atoms with Crippen molar-refractivity contribution in [2.24, 2.45) is 0 Å². The van der Waals surface area contributed by atoms with E-state index in [0.717, 1.165) is 25.9 Å². The molecule has 2 rings (SSSR count). The van der Waals surface area contributed by atoms with E-state index in [1.54, 1.807) is 17.0 Å². The molecule has 6 heteroatoms. The number of phenolic OH excluding ortho intramolecular Hbond substituents is 1. The number of hydrogen-bond donors (Lipinski definition) is 2. The molecule has 2 N–H and O–H groups in total. The summed E-state index contributed by atoms with van der Waals surface area (Å²) in [5.41, 5.74) is 0.354. The number of aromatic hydroxyl groups is 1. The van der Waals surface area contributed by atoms with Crippen LogP contribution in [0, 0.1) is 3.57 Å². The van der Waals surface area contributed by atoms with E-state index in [1.807, 2.05) is 22.6 Å². The van der Waals surface area contributed by atoms with E-state index < -0.39 is 0 Å². The monoisotopic (exact) mass is 374 g/mol. The van der Waals surface area contributed by atoms with Gasteiger partial charge < -0.3 is 15.3 Å². The molecule has 1 aromatic carbocycles. The van der Waals surface area contributed by atoms with Crippen molar-refractivity contribution in [1.82, 2.24) is 10.2 Å². The Morgan fingerprint density at radius 1 is 1.32 bits per heavy atom. The van der Waals surface area contributed by atoms with Gasteiger partial charge in [-0.15, -0.1) is 0 Å². The molecule has 0 radical (unpaired) electrons. The first-order valence-electron chi connectivity index (χ1n) is 6.12. The van der Waals surface area contributed by atoms with Crippen LogP contribution in [0.25, 0.3) is 0 Å². The number of likely N-dealkylation sites (tertiary alicyclic amines) is 1. The van der Waals surface area contributed by atoms with Crippen LogP contribution in [0.5, 0.6) is 5.75 Å². The summed E-state index contributed by atoms with van der Waals surface area (Å²) in [7, 11) is 0. The van der Waals surface area contributed by atoms with Crippen LogP contribution in [-0.2, 0) is 4.79 Å². The summed E-state index contributed by atoms with van der Waals surface area (Å²) in [5, 5.41) is 12.1. The zero-order chi connectivity index (χ0) is 13.8. The number of nitrogens with zero attached hydrogens (tertiary/aromatic N) is 1. The van der Waals surface area contributed by atoms with Crippen LogP contribution < -0.4 is 5.32 Å². The zero-order valence-corrected chi connectivity index (χ0v) is 12.5. The van der Waals surface area contributed by atoms with Crippen LogP contribution in [0.2, 0.25) is 0 Å². The third kappa shape index (κ3) is 3.59. The third-order valence-corrected chi connectivity index (χ3v) is 3.98. The lowest BCUT2D eigenvalue weighted by atomic mass is 10.2. The molecule has 19 heavy (non-hydrogen) atoms. The molecular formula is C13H15IN2O3. The fourth-order valence-corrected chi connectivity index (χ4v) is 2.33. The molecule has 1 saturated heterocycles. The van der Waals surface area contributed by atoms with Crippen molar-refractivity contribution in [1.29, 1.82) is 0 Å². The van der Waals surface area contributed by atoms with Gasteiger partial charge >= 0.3 is 0 Å². The van der Waals surface area contributed by atoms with Crippen LogP contribution in [0.4, 0.5) is 0 Å². The molecule has 102 valence electrons. The Bertz CT molecular complexity index is 499. The average molecular weight is 374 g/mol. The summed E-state index contributed by atoms with van der Waals surface area (Å²) >= 11 is 1.98. The summed E-state index contributed by atoms with van der Waals surface area (Å²) in [6, 6.07) is 4.68. The number of carbonyl (C=O) groups is 2. The number of carbonyl (C=O) groups excluding carboxylic acids is 2. The SMILES string of the molecule is O=C(NCC(=O)N1CCCC1)c1ccc(I)c(O)c1. The summed E-state index contributed by atoms with van der Waals surface area (Å²) in [4.78, 5) is 25.4. The number of halogens is 1. The van der Waals surface area contributed by atoms with E-state index in [4.69, 9.17) is 0 Å². The van der Waals surface area contributed by atoms with Gasteiger partial charge in [0.1, 0.15) is 5.75 Å². The molecule has 1 aliphatic heterocycles. The molecule has 5 nitrogen and oxygen atoms in total. The fourth-order valence-electron chi connectivity index (χ4n) is 1.99. The van der Waals surface area contributed by atoms with Crippen LogP contribution in [-0.4, -0.2) is 41.5 Å². The largest absolute Gasteiger partial charge is 0.507 e. The predicted octanol–water partition coefficient (Wildman–Crippen LogP) is 1.35. The van der Waals surface area contributed by atoms with E-state index >= 15 is 0 Å². The van der Waals surface area contributed by atoms with Crippen molar-refractivity contribution in [3.05, 3.63) is 27.3 Å². The summed E-state index contributed by atoms with van der Waals surface area (Å²) < 4.78 is 0.683. The van der Waals surface area contributed by atoms with Gasteiger partial charge in [0.15, 0.2) is 0 Å². The van der Waals surface area contributed by atoms with Crippen molar-refractivity contribution in [3.8, 4) is 5.75 Å². The normalized spacial score (nSPS) is 14.5. The van der Waals surface area contributed by atoms with Crippen LogP contribution in [0.15, 0.2) is 18.2 Å². The van der Waals surface area contributed by atoms with Gasteiger partial charge in [0.25, 0.3) is 5.91 Å². The summed E-state index contributed by atoms with van der Waals surface area (Å²) in [6.45, 7) is 1.56. The molecule has 2 amide bonds. The number of amides is 2. The maximum absolute atomic E-state index is 11.8. The van der Waals surface area contributed by atoms with E-state index in [9.17, 15) is 14.7 Å². The van der Waals surface area contributed by atoms with Gasteiger partial charge in [-0.3, -0.25) is 9.59 Å².